The van der Waals surface area contributed by atoms with Gasteiger partial charge in [-0.1, -0.05) is 17.7 Å². The number of amides is 1. The summed E-state index contributed by atoms with van der Waals surface area (Å²) in [4.78, 5) is 22.4. The molecule has 0 radical (unpaired) electrons. The van der Waals surface area contributed by atoms with Crippen LogP contribution in [0.25, 0.3) is 0 Å². The molecule has 5 nitrogen and oxygen atoms in total. The van der Waals surface area contributed by atoms with Crippen LogP contribution in [-0.4, -0.2) is 28.4 Å². The number of hydrogen-bond acceptors (Lipinski definition) is 4. The third kappa shape index (κ3) is 3.01. The van der Waals surface area contributed by atoms with Gasteiger partial charge in [-0.25, -0.2) is 0 Å². The van der Waals surface area contributed by atoms with Gasteiger partial charge in [-0.2, -0.15) is 11.8 Å². The van der Waals surface area contributed by atoms with E-state index < -0.39 is 10.8 Å². The molecule has 0 bridgehead atoms. The van der Waals surface area contributed by atoms with Crippen molar-refractivity contribution in [2.45, 2.75) is 17.6 Å². The molecular weight excluding hydrogens is 288 g/mol. The van der Waals surface area contributed by atoms with Gasteiger partial charge < -0.3 is 5.32 Å². The summed E-state index contributed by atoms with van der Waals surface area (Å²) in [7, 11) is 0. The summed E-state index contributed by atoms with van der Waals surface area (Å²) >= 11 is 7.49. The zero-order valence-electron chi connectivity index (χ0n) is 10.3. The van der Waals surface area contributed by atoms with Crippen LogP contribution < -0.4 is 5.32 Å². The van der Waals surface area contributed by atoms with E-state index in [2.05, 4.69) is 5.32 Å². The molecule has 0 aromatic heterocycles. The lowest BCUT2D eigenvalue weighted by Gasteiger charge is -2.13. The van der Waals surface area contributed by atoms with Crippen molar-refractivity contribution < 1.29 is 9.72 Å². The van der Waals surface area contributed by atoms with Gasteiger partial charge in [0.15, 0.2) is 0 Å². The average Bonchev–Trinajstić information content (AvgIpc) is 3.16. The summed E-state index contributed by atoms with van der Waals surface area (Å²) in [5.41, 5.74) is -0.329. The average molecular weight is 301 g/mol. The zero-order chi connectivity index (χ0) is 14.0. The van der Waals surface area contributed by atoms with Crippen molar-refractivity contribution in [3.63, 3.8) is 0 Å². The quantitative estimate of drug-likeness (QED) is 0.670. The number of carbonyl (C=O) groups excluding carboxylic acids is 1. The van der Waals surface area contributed by atoms with E-state index in [4.69, 9.17) is 11.6 Å². The third-order valence-electron chi connectivity index (χ3n) is 3.23. The smallest absolute Gasteiger partial charge is 0.300 e. The highest BCUT2D eigenvalue weighted by atomic mass is 35.5. The van der Waals surface area contributed by atoms with E-state index in [1.54, 1.807) is 11.8 Å². The van der Waals surface area contributed by atoms with Gasteiger partial charge in [0.05, 0.1) is 4.92 Å². The maximum atomic E-state index is 12.0. The summed E-state index contributed by atoms with van der Waals surface area (Å²) in [6.07, 6.45) is 4.12. The normalized spacial score (nSPS) is 15.9. The minimum absolute atomic E-state index is 0.00871. The molecule has 1 aromatic rings. The summed E-state index contributed by atoms with van der Waals surface area (Å²) in [6, 6.07) is 4.35. The monoisotopic (exact) mass is 300 g/mol. The number of rotatable bonds is 5. The van der Waals surface area contributed by atoms with Crippen LogP contribution in [0.2, 0.25) is 5.02 Å². The molecule has 1 aromatic carbocycles. The summed E-state index contributed by atoms with van der Waals surface area (Å²) in [5.74, 6) is -0.450. The molecule has 1 fully saturated rings. The van der Waals surface area contributed by atoms with E-state index in [-0.39, 0.29) is 21.0 Å². The first-order valence-electron chi connectivity index (χ1n) is 5.75. The molecule has 19 heavy (non-hydrogen) atoms. The Morgan fingerprint density at radius 2 is 2.26 bits per heavy atom. The number of nitrogens with zero attached hydrogens (tertiary/aromatic N) is 1. The van der Waals surface area contributed by atoms with E-state index >= 15 is 0 Å². The van der Waals surface area contributed by atoms with Crippen molar-refractivity contribution in [2.75, 3.05) is 12.8 Å². The fourth-order valence-corrected chi connectivity index (χ4v) is 2.78. The maximum absolute atomic E-state index is 12.0. The minimum Gasteiger partial charge on any atom is -0.350 e. The first-order valence-corrected chi connectivity index (χ1v) is 7.36. The SMILES string of the molecule is CSC1(CNC(=O)c2cccc(Cl)c2[N+](=O)[O-])CC1. The van der Waals surface area contributed by atoms with Gasteiger partial charge in [0.1, 0.15) is 10.6 Å². The molecule has 1 aliphatic rings. The first-order chi connectivity index (χ1) is 8.99. The molecule has 7 heteroatoms. The summed E-state index contributed by atoms with van der Waals surface area (Å²) in [6.45, 7) is 0.524. The molecule has 102 valence electrons. The Bertz CT molecular complexity index is 532. The van der Waals surface area contributed by atoms with E-state index in [0.29, 0.717) is 6.54 Å². The lowest BCUT2D eigenvalue weighted by atomic mass is 10.1. The predicted molar refractivity (Wildman–Crippen MR) is 75.9 cm³/mol. The van der Waals surface area contributed by atoms with Crippen molar-refractivity contribution >= 4 is 35.0 Å². The van der Waals surface area contributed by atoms with Gasteiger partial charge in [-0.3, -0.25) is 14.9 Å². The number of carbonyl (C=O) groups is 1. The van der Waals surface area contributed by atoms with Crippen molar-refractivity contribution in [3.8, 4) is 0 Å². The van der Waals surface area contributed by atoms with Crippen molar-refractivity contribution in [1.82, 2.24) is 5.32 Å². The summed E-state index contributed by atoms with van der Waals surface area (Å²) < 4.78 is 0.114. The highest BCUT2D eigenvalue weighted by Crippen LogP contribution is 2.46. The molecule has 0 atom stereocenters. The molecule has 0 heterocycles. The molecule has 1 N–H and O–H groups in total. The molecule has 0 saturated heterocycles. The van der Waals surface area contributed by atoms with Crippen LogP contribution in [0.5, 0.6) is 0 Å². The van der Waals surface area contributed by atoms with E-state index in [0.717, 1.165) is 12.8 Å². The van der Waals surface area contributed by atoms with Crippen LogP contribution in [-0.2, 0) is 0 Å². The van der Waals surface area contributed by atoms with Gasteiger partial charge in [0.2, 0.25) is 0 Å². The fraction of sp³-hybridized carbons (Fsp3) is 0.417. The Labute approximate surface area is 119 Å². The zero-order valence-corrected chi connectivity index (χ0v) is 11.9. The second-order valence-electron chi connectivity index (χ2n) is 4.46. The number of nitro groups is 1. The van der Waals surface area contributed by atoms with Crippen LogP contribution in [0, 0.1) is 10.1 Å². The molecule has 0 spiro atoms. The lowest BCUT2D eigenvalue weighted by Crippen LogP contribution is -2.32. The Hall–Kier alpha value is -1.27. The van der Waals surface area contributed by atoms with Crippen molar-refractivity contribution in [2.24, 2.45) is 0 Å². The number of nitro benzene ring substituents is 1. The Kier molecular flexibility index (Phi) is 4.01. The van der Waals surface area contributed by atoms with E-state index in [9.17, 15) is 14.9 Å². The molecule has 0 aliphatic heterocycles. The topological polar surface area (TPSA) is 72.2 Å². The molecule has 0 unspecified atom stereocenters. The van der Waals surface area contributed by atoms with E-state index in [1.807, 2.05) is 6.26 Å². The minimum atomic E-state index is -0.626. The lowest BCUT2D eigenvalue weighted by molar-refractivity contribution is -0.385. The second-order valence-corrected chi connectivity index (χ2v) is 6.14. The number of halogens is 1. The number of para-hydroxylation sites is 1. The van der Waals surface area contributed by atoms with Crippen LogP contribution >= 0.6 is 23.4 Å². The largest absolute Gasteiger partial charge is 0.350 e. The standard InChI is InChI=1S/C12H13ClN2O3S/c1-19-12(5-6-12)7-14-11(16)8-3-2-4-9(13)10(8)15(17)18/h2-4H,5-7H2,1H3,(H,14,16). The summed E-state index contributed by atoms with van der Waals surface area (Å²) in [5, 5.41) is 13.7. The highest BCUT2D eigenvalue weighted by Gasteiger charge is 2.42. The van der Waals surface area contributed by atoms with Crippen LogP contribution in [0.3, 0.4) is 0 Å². The Morgan fingerprint density at radius 3 is 2.79 bits per heavy atom. The van der Waals surface area contributed by atoms with Crippen LogP contribution in [0.1, 0.15) is 23.2 Å². The van der Waals surface area contributed by atoms with Crippen LogP contribution in [0.15, 0.2) is 18.2 Å². The predicted octanol–water partition coefficient (Wildman–Crippen LogP) is 2.87. The fourth-order valence-electron chi connectivity index (χ4n) is 1.81. The molecule has 2 rings (SSSR count). The van der Waals surface area contributed by atoms with Gasteiger partial charge in [-0.05, 0) is 31.2 Å². The van der Waals surface area contributed by atoms with Gasteiger partial charge >= 0.3 is 5.69 Å². The van der Waals surface area contributed by atoms with Gasteiger partial charge in [0.25, 0.3) is 5.91 Å². The Balaban J connectivity index is 2.15. The number of hydrogen-bond donors (Lipinski definition) is 1. The van der Waals surface area contributed by atoms with E-state index in [1.165, 1.54) is 18.2 Å². The molecule has 1 aliphatic carbocycles. The maximum Gasteiger partial charge on any atom is 0.300 e. The van der Waals surface area contributed by atoms with Crippen molar-refractivity contribution in [3.05, 3.63) is 38.9 Å². The van der Waals surface area contributed by atoms with Crippen molar-refractivity contribution in [1.29, 1.82) is 0 Å². The third-order valence-corrected chi connectivity index (χ3v) is 4.95. The van der Waals surface area contributed by atoms with Crippen LogP contribution in [0.4, 0.5) is 5.69 Å². The molecule has 1 saturated carbocycles. The number of thioether (sulfide) groups is 1. The highest BCUT2D eigenvalue weighted by molar-refractivity contribution is 8.00. The second kappa shape index (κ2) is 5.38. The first kappa shape index (κ1) is 14.1. The number of benzene rings is 1. The molecule has 1 amide bonds. The number of nitrogens with one attached hydrogen (secondary N) is 1. The van der Waals surface area contributed by atoms with Gasteiger partial charge in [-0.15, -0.1) is 0 Å². The molecular formula is C12H13ClN2O3S. The van der Waals surface area contributed by atoms with Gasteiger partial charge in [0, 0.05) is 11.3 Å². The Morgan fingerprint density at radius 1 is 1.58 bits per heavy atom.